The van der Waals surface area contributed by atoms with Crippen LogP contribution in [0.1, 0.15) is 22.5 Å². The number of hydrogen-bond donors (Lipinski definition) is 2. The van der Waals surface area contributed by atoms with E-state index in [9.17, 15) is 36.2 Å². The standard InChI is InChI=1S/C26H21F6N3O4/c1-15-11-17(24(38,25(27,28)29)26(30,31)32)4-7-21(15)35-22(12-16-3-2-8-33-14-16)34-20-6-5-18(39-10-9-36)13-19(20)23(35)37/h2-8,11,13-14,36,38H,9-10,12H2,1H3. The van der Waals surface area contributed by atoms with Gasteiger partial charge in [0.25, 0.3) is 11.2 Å². The summed E-state index contributed by atoms with van der Waals surface area (Å²) < 4.78 is 87.1. The first-order chi connectivity index (χ1) is 18.3. The van der Waals surface area contributed by atoms with Gasteiger partial charge in [-0.2, -0.15) is 26.3 Å². The summed E-state index contributed by atoms with van der Waals surface area (Å²) in [6, 6.07) is 9.72. The largest absolute Gasteiger partial charge is 0.491 e. The number of pyridine rings is 1. The van der Waals surface area contributed by atoms with Crippen molar-refractivity contribution in [2.24, 2.45) is 0 Å². The number of fused-ring (bicyclic) bond motifs is 1. The third kappa shape index (κ3) is 5.19. The molecule has 0 saturated carbocycles. The Morgan fingerprint density at radius 1 is 1.00 bits per heavy atom. The summed E-state index contributed by atoms with van der Waals surface area (Å²) in [5, 5.41) is 18.9. The monoisotopic (exact) mass is 553 g/mol. The molecule has 0 atom stereocenters. The van der Waals surface area contributed by atoms with Crippen molar-refractivity contribution in [2.45, 2.75) is 31.3 Å². The van der Waals surface area contributed by atoms with E-state index in [1.807, 2.05) is 0 Å². The number of alkyl halides is 6. The second kappa shape index (κ2) is 10.3. The molecule has 2 heterocycles. The summed E-state index contributed by atoms with van der Waals surface area (Å²) in [5.41, 5.74) is -6.51. The van der Waals surface area contributed by atoms with E-state index in [4.69, 9.17) is 9.84 Å². The van der Waals surface area contributed by atoms with Crippen molar-refractivity contribution in [3.05, 3.63) is 93.8 Å². The van der Waals surface area contributed by atoms with Gasteiger partial charge in [0.05, 0.1) is 23.2 Å². The van der Waals surface area contributed by atoms with Crippen LogP contribution in [0.5, 0.6) is 5.75 Å². The number of aryl methyl sites for hydroxylation is 1. The molecule has 0 aliphatic rings. The zero-order valence-corrected chi connectivity index (χ0v) is 20.2. The quantitative estimate of drug-likeness (QED) is 0.330. The molecule has 0 bridgehead atoms. The van der Waals surface area contributed by atoms with Crippen LogP contribution in [0.2, 0.25) is 0 Å². The van der Waals surface area contributed by atoms with Crippen molar-refractivity contribution in [1.29, 1.82) is 0 Å². The molecule has 4 rings (SSSR count). The fourth-order valence-electron chi connectivity index (χ4n) is 4.14. The van der Waals surface area contributed by atoms with Crippen LogP contribution in [-0.4, -0.2) is 50.3 Å². The summed E-state index contributed by atoms with van der Waals surface area (Å²) in [6.07, 6.45) is -9.01. The molecule has 4 aromatic rings. The number of ether oxygens (including phenoxy) is 1. The lowest BCUT2D eigenvalue weighted by molar-refractivity contribution is -0.376. The first-order valence-electron chi connectivity index (χ1n) is 11.4. The van der Waals surface area contributed by atoms with Gasteiger partial charge in [-0.15, -0.1) is 0 Å². The fraction of sp³-hybridized carbons (Fsp3) is 0.269. The maximum Gasteiger partial charge on any atom is 0.430 e. The molecule has 206 valence electrons. The Morgan fingerprint density at radius 2 is 1.72 bits per heavy atom. The van der Waals surface area contributed by atoms with Crippen LogP contribution in [0.15, 0.2) is 65.7 Å². The average molecular weight is 553 g/mol. The van der Waals surface area contributed by atoms with Gasteiger partial charge in [-0.1, -0.05) is 18.2 Å². The Morgan fingerprint density at radius 3 is 2.31 bits per heavy atom. The van der Waals surface area contributed by atoms with Crippen molar-refractivity contribution >= 4 is 10.9 Å². The second-order valence-electron chi connectivity index (χ2n) is 8.66. The SMILES string of the molecule is Cc1cc(C(O)(C(F)(F)F)C(F)(F)F)ccc1-n1c(Cc2cccnc2)nc2ccc(OCCO)cc2c1=O. The Labute approximate surface area is 217 Å². The van der Waals surface area contributed by atoms with E-state index in [2.05, 4.69) is 9.97 Å². The van der Waals surface area contributed by atoms with Crippen LogP contribution in [0, 0.1) is 6.92 Å². The number of benzene rings is 2. The van der Waals surface area contributed by atoms with Crippen molar-refractivity contribution in [2.75, 3.05) is 13.2 Å². The molecule has 0 aliphatic heterocycles. The molecule has 2 aromatic carbocycles. The van der Waals surface area contributed by atoms with Crippen LogP contribution in [0.4, 0.5) is 26.3 Å². The Hall–Kier alpha value is -3.97. The number of halogens is 6. The smallest absolute Gasteiger partial charge is 0.430 e. The zero-order chi connectivity index (χ0) is 28.6. The van der Waals surface area contributed by atoms with E-state index >= 15 is 0 Å². The van der Waals surface area contributed by atoms with Crippen molar-refractivity contribution in [3.63, 3.8) is 0 Å². The first-order valence-corrected chi connectivity index (χ1v) is 11.4. The molecule has 2 N–H and O–H groups in total. The highest BCUT2D eigenvalue weighted by molar-refractivity contribution is 5.80. The third-order valence-electron chi connectivity index (χ3n) is 6.03. The molecule has 0 aliphatic carbocycles. The molecule has 39 heavy (non-hydrogen) atoms. The topological polar surface area (TPSA) is 97.5 Å². The van der Waals surface area contributed by atoms with Gasteiger partial charge < -0.3 is 14.9 Å². The fourth-order valence-corrected chi connectivity index (χ4v) is 4.14. The molecule has 0 unspecified atom stereocenters. The molecule has 0 amide bonds. The van der Waals surface area contributed by atoms with Crippen molar-refractivity contribution < 1.29 is 41.3 Å². The summed E-state index contributed by atoms with van der Waals surface area (Å²) in [7, 11) is 0. The zero-order valence-electron chi connectivity index (χ0n) is 20.2. The number of aromatic nitrogens is 3. The first kappa shape index (κ1) is 28.0. The minimum absolute atomic E-state index is 0.0366. The van der Waals surface area contributed by atoms with Gasteiger partial charge >= 0.3 is 12.4 Å². The number of rotatable bonds is 7. The van der Waals surface area contributed by atoms with Gasteiger partial charge in [-0.3, -0.25) is 14.3 Å². The van der Waals surface area contributed by atoms with Gasteiger partial charge in [-0.25, -0.2) is 4.98 Å². The predicted molar refractivity (Wildman–Crippen MR) is 128 cm³/mol. The minimum atomic E-state index is -6.06. The van der Waals surface area contributed by atoms with Gasteiger partial charge in [0, 0.05) is 24.4 Å². The summed E-state index contributed by atoms with van der Waals surface area (Å²) in [5.74, 6) is 0.386. The molecule has 13 heteroatoms. The van der Waals surface area contributed by atoms with Crippen molar-refractivity contribution in [3.8, 4) is 11.4 Å². The van der Waals surface area contributed by atoms with E-state index < -0.39 is 29.1 Å². The Bertz CT molecular complexity index is 1540. The van der Waals surface area contributed by atoms with Crippen LogP contribution in [0.25, 0.3) is 16.6 Å². The van der Waals surface area contributed by atoms with Crippen LogP contribution >= 0.6 is 0 Å². The summed E-state index contributed by atoms with van der Waals surface area (Å²) in [4.78, 5) is 22.3. The predicted octanol–water partition coefficient (Wildman–Crippen LogP) is 4.36. The van der Waals surface area contributed by atoms with E-state index in [0.717, 1.165) is 10.6 Å². The van der Waals surface area contributed by atoms with Gasteiger partial charge in [0.2, 0.25) is 0 Å². The molecule has 0 radical (unpaired) electrons. The summed E-state index contributed by atoms with van der Waals surface area (Å²) >= 11 is 0. The van der Waals surface area contributed by atoms with Crippen LogP contribution < -0.4 is 10.3 Å². The molecule has 2 aromatic heterocycles. The van der Waals surface area contributed by atoms with Gasteiger partial charge in [-0.05, 0) is 48.4 Å². The highest BCUT2D eigenvalue weighted by Gasteiger charge is 2.71. The highest BCUT2D eigenvalue weighted by atomic mass is 19.4. The Kier molecular flexibility index (Phi) is 7.41. The van der Waals surface area contributed by atoms with Crippen LogP contribution in [-0.2, 0) is 12.0 Å². The number of aliphatic hydroxyl groups excluding tert-OH is 1. The van der Waals surface area contributed by atoms with Gasteiger partial charge in [0.15, 0.2) is 0 Å². The maximum atomic E-state index is 13.7. The average Bonchev–Trinajstić information content (AvgIpc) is 2.87. The second-order valence-corrected chi connectivity index (χ2v) is 8.66. The van der Waals surface area contributed by atoms with Gasteiger partial charge in [0.1, 0.15) is 18.2 Å². The third-order valence-corrected chi connectivity index (χ3v) is 6.03. The van der Waals surface area contributed by atoms with Crippen molar-refractivity contribution in [1.82, 2.24) is 14.5 Å². The van der Waals surface area contributed by atoms with E-state index in [1.165, 1.54) is 37.5 Å². The van der Waals surface area contributed by atoms with E-state index in [-0.39, 0.29) is 53.4 Å². The number of hydrogen-bond acceptors (Lipinski definition) is 6. The molecular weight excluding hydrogens is 532 g/mol. The molecule has 0 spiro atoms. The maximum absolute atomic E-state index is 13.7. The van der Waals surface area contributed by atoms with Crippen LogP contribution in [0.3, 0.4) is 0 Å². The minimum Gasteiger partial charge on any atom is -0.491 e. The molecular formula is C26H21F6N3O4. The number of aliphatic hydroxyl groups is 2. The lowest BCUT2D eigenvalue weighted by atomic mass is 9.90. The van der Waals surface area contributed by atoms with E-state index in [0.29, 0.717) is 17.7 Å². The highest BCUT2D eigenvalue weighted by Crippen LogP contribution is 2.50. The summed E-state index contributed by atoms with van der Waals surface area (Å²) in [6.45, 7) is 0.893. The lowest BCUT2D eigenvalue weighted by Crippen LogP contribution is -2.54. The molecule has 7 nitrogen and oxygen atoms in total. The molecule has 0 saturated heterocycles. The van der Waals surface area contributed by atoms with E-state index in [1.54, 1.807) is 12.1 Å². The number of nitrogens with zero attached hydrogens (tertiary/aromatic N) is 3. The molecule has 0 fully saturated rings. The lowest BCUT2D eigenvalue weighted by Gasteiger charge is -2.33. The normalized spacial score (nSPS) is 12.6. The Balaban J connectivity index is 1.95.